The van der Waals surface area contributed by atoms with Gasteiger partial charge in [0.05, 0.1) is 12.9 Å². The highest BCUT2D eigenvalue weighted by atomic mass is 32.2. The van der Waals surface area contributed by atoms with E-state index in [2.05, 4.69) is 0 Å². The van der Waals surface area contributed by atoms with Crippen LogP contribution >= 0.6 is 0 Å². The minimum atomic E-state index is -3.28. The molecule has 0 spiro atoms. The highest BCUT2D eigenvalue weighted by molar-refractivity contribution is 7.90. The Labute approximate surface area is 117 Å². The number of esters is 1. The molecule has 0 aliphatic carbocycles. The summed E-state index contributed by atoms with van der Waals surface area (Å²) in [5, 5.41) is 0. The van der Waals surface area contributed by atoms with Crippen LogP contribution in [0.15, 0.2) is 24.3 Å². The fraction of sp³-hybridized carbons (Fsp3) is 0.462. The largest absolute Gasteiger partial charge is 0.468 e. The molecular weight excluding hydrogens is 285 g/mol. The van der Waals surface area contributed by atoms with Gasteiger partial charge in [0.2, 0.25) is 0 Å². The van der Waals surface area contributed by atoms with Crippen LogP contribution in [0.1, 0.15) is 12.0 Å². The molecular formula is C13H18FNO4S. The predicted octanol–water partition coefficient (Wildman–Crippen LogP) is 0.630. The Balaban J connectivity index is 3.28. The van der Waals surface area contributed by atoms with Gasteiger partial charge in [-0.05, 0) is 24.1 Å². The van der Waals surface area contributed by atoms with Crippen LogP contribution < -0.4 is 5.73 Å². The lowest BCUT2D eigenvalue weighted by atomic mass is 9.78. The zero-order valence-corrected chi connectivity index (χ0v) is 12.2. The van der Waals surface area contributed by atoms with Crippen LogP contribution in [0.25, 0.3) is 0 Å². The molecule has 2 N–H and O–H groups in total. The molecule has 1 rings (SSSR count). The number of sulfone groups is 1. The summed E-state index contributed by atoms with van der Waals surface area (Å²) < 4.78 is 40.8. The quantitative estimate of drug-likeness (QED) is 0.779. The van der Waals surface area contributed by atoms with Crippen molar-refractivity contribution in [2.75, 3.05) is 25.7 Å². The van der Waals surface area contributed by atoms with Crippen LogP contribution in [-0.4, -0.2) is 40.1 Å². The summed E-state index contributed by atoms with van der Waals surface area (Å²) >= 11 is 0. The number of nitrogens with two attached hydrogens (primary N) is 1. The number of carbonyl (C=O) groups excluding carboxylic acids is 1. The summed E-state index contributed by atoms with van der Waals surface area (Å²) in [5.74, 6) is -1.44. The number of hydrogen-bond donors (Lipinski definition) is 1. The highest BCUT2D eigenvalue weighted by Gasteiger charge is 2.41. The van der Waals surface area contributed by atoms with Gasteiger partial charge in [-0.25, -0.2) is 12.8 Å². The van der Waals surface area contributed by atoms with Gasteiger partial charge in [-0.1, -0.05) is 12.1 Å². The topological polar surface area (TPSA) is 86.5 Å². The number of benzene rings is 1. The molecule has 20 heavy (non-hydrogen) atoms. The van der Waals surface area contributed by atoms with E-state index in [0.29, 0.717) is 5.56 Å². The first kappa shape index (κ1) is 16.6. The summed E-state index contributed by atoms with van der Waals surface area (Å²) in [4.78, 5) is 12.1. The predicted molar refractivity (Wildman–Crippen MR) is 73.5 cm³/mol. The number of halogens is 1. The van der Waals surface area contributed by atoms with E-state index in [4.69, 9.17) is 10.5 Å². The maximum atomic E-state index is 13.4. The lowest BCUT2D eigenvalue weighted by Gasteiger charge is -2.30. The maximum Gasteiger partial charge on any atom is 0.317 e. The third-order valence-corrected chi connectivity index (χ3v) is 4.15. The van der Waals surface area contributed by atoms with Crippen molar-refractivity contribution in [1.29, 1.82) is 0 Å². The zero-order valence-electron chi connectivity index (χ0n) is 11.4. The van der Waals surface area contributed by atoms with E-state index in [1.54, 1.807) is 0 Å². The average Bonchev–Trinajstić information content (AvgIpc) is 2.38. The van der Waals surface area contributed by atoms with Crippen molar-refractivity contribution in [2.45, 2.75) is 11.8 Å². The van der Waals surface area contributed by atoms with Crippen LogP contribution in [0.3, 0.4) is 0 Å². The molecule has 1 unspecified atom stereocenters. The van der Waals surface area contributed by atoms with E-state index in [1.165, 1.54) is 31.4 Å². The highest BCUT2D eigenvalue weighted by Crippen LogP contribution is 2.30. The molecule has 0 aliphatic rings. The van der Waals surface area contributed by atoms with Crippen molar-refractivity contribution in [3.63, 3.8) is 0 Å². The lowest BCUT2D eigenvalue weighted by molar-refractivity contribution is -0.147. The molecule has 0 fully saturated rings. The molecule has 0 saturated heterocycles. The van der Waals surface area contributed by atoms with Gasteiger partial charge in [-0.2, -0.15) is 0 Å². The fourth-order valence-corrected chi connectivity index (χ4v) is 2.73. The van der Waals surface area contributed by atoms with E-state index in [0.717, 1.165) is 6.26 Å². The van der Waals surface area contributed by atoms with Crippen LogP contribution in [0.4, 0.5) is 4.39 Å². The van der Waals surface area contributed by atoms with Gasteiger partial charge in [0, 0.05) is 12.8 Å². The first-order valence-corrected chi connectivity index (χ1v) is 8.03. The van der Waals surface area contributed by atoms with Crippen LogP contribution in [-0.2, 0) is 24.8 Å². The zero-order chi connectivity index (χ0) is 15.4. The second-order valence-electron chi connectivity index (χ2n) is 4.67. The van der Waals surface area contributed by atoms with Gasteiger partial charge in [0.1, 0.15) is 21.1 Å². The second-order valence-corrected chi connectivity index (χ2v) is 6.93. The minimum Gasteiger partial charge on any atom is -0.468 e. The first-order chi connectivity index (χ1) is 9.25. The van der Waals surface area contributed by atoms with E-state index >= 15 is 0 Å². The van der Waals surface area contributed by atoms with E-state index in [1.807, 2.05) is 0 Å². The number of carbonyl (C=O) groups is 1. The Morgan fingerprint density at radius 2 is 2.10 bits per heavy atom. The molecule has 5 nitrogen and oxygen atoms in total. The van der Waals surface area contributed by atoms with Crippen LogP contribution in [0.2, 0.25) is 0 Å². The van der Waals surface area contributed by atoms with Gasteiger partial charge < -0.3 is 10.5 Å². The molecule has 0 saturated carbocycles. The number of hydrogen-bond acceptors (Lipinski definition) is 5. The van der Waals surface area contributed by atoms with Gasteiger partial charge in [-0.15, -0.1) is 0 Å². The van der Waals surface area contributed by atoms with Crippen molar-refractivity contribution < 1.29 is 22.3 Å². The van der Waals surface area contributed by atoms with Gasteiger partial charge >= 0.3 is 5.97 Å². The van der Waals surface area contributed by atoms with Gasteiger partial charge in [-0.3, -0.25) is 4.79 Å². The normalized spacial score (nSPS) is 14.6. The Bertz CT molecular complexity index is 588. The Kier molecular flexibility index (Phi) is 5.24. The fourth-order valence-electron chi connectivity index (χ4n) is 2.01. The molecule has 1 atom stereocenters. The van der Waals surface area contributed by atoms with Crippen molar-refractivity contribution in [2.24, 2.45) is 5.73 Å². The monoisotopic (exact) mass is 303 g/mol. The average molecular weight is 303 g/mol. The van der Waals surface area contributed by atoms with E-state index in [9.17, 15) is 17.6 Å². The van der Waals surface area contributed by atoms with E-state index < -0.39 is 27.0 Å². The lowest BCUT2D eigenvalue weighted by Crippen LogP contribution is -2.45. The van der Waals surface area contributed by atoms with Crippen molar-refractivity contribution in [3.8, 4) is 0 Å². The molecule has 0 bridgehead atoms. The summed E-state index contributed by atoms with van der Waals surface area (Å²) in [7, 11) is -2.10. The molecule has 1 aromatic carbocycles. The molecule has 7 heteroatoms. The van der Waals surface area contributed by atoms with Crippen molar-refractivity contribution >= 4 is 15.8 Å². The Morgan fingerprint density at radius 3 is 2.55 bits per heavy atom. The van der Waals surface area contributed by atoms with Crippen LogP contribution in [0, 0.1) is 5.82 Å². The SMILES string of the molecule is COC(=O)C(CN)(CCS(C)(=O)=O)c1cccc(F)c1. The molecule has 0 amide bonds. The Hall–Kier alpha value is -1.47. The minimum absolute atomic E-state index is 0.0571. The van der Waals surface area contributed by atoms with Crippen molar-refractivity contribution in [3.05, 3.63) is 35.6 Å². The van der Waals surface area contributed by atoms with Crippen LogP contribution in [0.5, 0.6) is 0 Å². The number of rotatable bonds is 6. The molecule has 0 aromatic heterocycles. The maximum absolute atomic E-state index is 13.4. The van der Waals surface area contributed by atoms with E-state index in [-0.39, 0.29) is 18.7 Å². The molecule has 0 aliphatic heterocycles. The molecule has 112 valence electrons. The first-order valence-electron chi connectivity index (χ1n) is 5.97. The third-order valence-electron chi connectivity index (χ3n) is 3.20. The molecule has 0 heterocycles. The summed E-state index contributed by atoms with van der Waals surface area (Å²) in [6.45, 7) is -0.168. The third kappa shape index (κ3) is 3.77. The molecule has 1 aromatic rings. The summed E-state index contributed by atoms with van der Waals surface area (Å²) in [5.41, 5.74) is 4.63. The number of methoxy groups -OCH3 is 1. The summed E-state index contributed by atoms with van der Waals surface area (Å²) in [6.07, 6.45) is 1.01. The second kappa shape index (κ2) is 6.32. The smallest absolute Gasteiger partial charge is 0.317 e. The van der Waals surface area contributed by atoms with Crippen molar-refractivity contribution in [1.82, 2.24) is 0 Å². The standard InChI is InChI=1S/C13H18FNO4S/c1-19-12(16)13(9-15,6-7-20(2,17)18)10-4-3-5-11(14)8-10/h3-5,8H,6-7,9,15H2,1-2H3. The Morgan fingerprint density at radius 1 is 1.45 bits per heavy atom. The number of ether oxygens (including phenoxy) is 1. The molecule has 0 radical (unpaired) electrons. The summed E-state index contributed by atoms with van der Waals surface area (Å²) in [6, 6.07) is 5.39. The van der Waals surface area contributed by atoms with Gasteiger partial charge in [0.15, 0.2) is 0 Å². The van der Waals surface area contributed by atoms with Gasteiger partial charge in [0.25, 0.3) is 0 Å².